The summed E-state index contributed by atoms with van der Waals surface area (Å²) in [5, 5.41) is 7.02. The number of hydrogen-bond acceptors (Lipinski definition) is 4. The highest BCUT2D eigenvalue weighted by Crippen LogP contribution is 2.23. The maximum atomic E-state index is 6.07. The summed E-state index contributed by atoms with van der Waals surface area (Å²) in [6.45, 7) is 2.01. The van der Waals surface area contributed by atoms with Crippen LogP contribution in [0.25, 0.3) is 0 Å². The monoisotopic (exact) mass is 208 g/mol. The molecule has 0 radical (unpaired) electrons. The standard InChI is InChI=1S/C9H12N4S/c1-6-7(5-12-13(6)2)8(10)9-11-3-4-14-9/h3-5,8H,10H2,1-2H3. The summed E-state index contributed by atoms with van der Waals surface area (Å²) in [4.78, 5) is 4.20. The van der Waals surface area contributed by atoms with E-state index in [4.69, 9.17) is 5.73 Å². The normalized spacial score (nSPS) is 13.1. The van der Waals surface area contributed by atoms with E-state index in [1.807, 2.05) is 24.0 Å². The lowest BCUT2D eigenvalue weighted by Crippen LogP contribution is -2.12. The molecule has 2 N–H and O–H groups in total. The summed E-state index contributed by atoms with van der Waals surface area (Å²) in [7, 11) is 1.91. The minimum absolute atomic E-state index is 0.149. The van der Waals surface area contributed by atoms with Gasteiger partial charge in [-0.05, 0) is 6.92 Å². The molecule has 0 aromatic carbocycles. The van der Waals surface area contributed by atoms with E-state index in [2.05, 4.69) is 10.1 Å². The van der Waals surface area contributed by atoms with E-state index >= 15 is 0 Å². The Kier molecular flexibility index (Phi) is 2.35. The van der Waals surface area contributed by atoms with Crippen LogP contribution in [0, 0.1) is 6.92 Å². The van der Waals surface area contributed by atoms with Crippen molar-refractivity contribution in [2.45, 2.75) is 13.0 Å². The maximum Gasteiger partial charge on any atom is 0.114 e. The summed E-state index contributed by atoms with van der Waals surface area (Å²) >= 11 is 1.57. The fourth-order valence-electron chi connectivity index (χ4n) is 1.34. The van der Waals surface area contributed by atoms with E-state index in [1.165, 1.54) is 0 Å². The van der Waals surface area contributed by atoms with Crippen molar-refractivity contribution in [2.75, 3.05) is 0 Å². The van der Waals surface area contributed by atoms with Crippen molar-refractivity contribution in [1.29, 1.82) is 0 Å². The van der Waals surface area contributed by atoms with Crippen molar-refractivity contribution >= 4 is 11.3 Å². The van der Waals surface area contributed by atoms with Crippen molar-refractivity contribution in [1.82, 2.24) is 14.8 Å². The molecule has 2 rings (SSSR count). The molecule has 0 amide bonds. The molecule has 4 nitrogen and oxygen atoms in total. The molecule has 5 heteroatoms. The van der Waals surface area contributed by atoms with Gasteiger partial charge in [-0.15, -0.1) is 11.3 Å². The number of nitrogens with zero attached hydrogens (tertiary/aromatic N) is 3. The van der Waals surface area contributed by atoms with E-state index < -0.39 is 0 Å². The fraction of sp³-hybridized carbons (Fsp3) is 0.333. The Labute approximate surface area is 86.4 Å². The molecule has 0 aliphatic heterocycles. The third-order valence-corrected chi connectivity index (χ3v) is 3.18. The van der Waals surface area contributed by atoms with Gasteiger partial charge in [0.1, 0.15) is 5.01 Å². The van der Waals surface area contributed by atoms with Gasteiger partial charge in [-0.1, -0.05) is 0 Å². The Morgan fingerprint density at radius 1 is 1.57 bits per heavy atom. The smallest absolute Gasteiger partial charge is 0.114 e. The van der Waals surface area contributed by atoms with Gasteiger partial charge in [-0.2, -0.15) is 5.10 Å². The summed E-state index contributed by atoms with van der Waals surface area (Å²) in [5.74, 6) is 0. The zero-order valence-corrected chi connectivity index (χ0v) is 8.95. The van der Waals surface area contributed by atoms with Gasteiger partial charge in [0.05, 0.1) is 12.2 Å². The van der Waals surface area contributed by atoms with Crippen LogP contribution in [0.3, 0.4) is 0 Å². The van der Waals surface area contributed by atoms with E-state index in [-0.39, 0.29) is 6.04 Å². The molecule has 2 heterocycles. The van der Waals surface area contributed by atoms with Crippen LogP contribution in [0.2, 0.25) is 0 Å². The Morgan fingerprint density at radius 2 is 2.36 bits per heavy atom. The molecule has 0 bridgehead atoms. The first-order valence-corrected chi connectivity index (χ1v) is 5.21. The first-order chi connectivity index (χ1) is 6.70. The molecule has 74 valence electrons. The highest BCUT2D eigenvalue weighted by Gasteiger charge is 2.16. The maximum absolute atomic E-state index is 6.07. The quantitative estimate of drug-likeness (QED) is 0.807. The summed E-state index contributed by atoms with van der Waals surface area (Å²) < 4.78 is 1.82. The fourth-order valence-corrected chi connectivity index (χ4v) is 2.00. The number of nitrogens with two attached hydrogens (primary N) is 1. The zero-order valence-electron chi connectivity index (χ0n) is 8.14. The van der Waals surface area contributed by atoms with Crippen LogP contribution < -0.4 is 5.73 Å². The molecule has 0 aliphatic rings. The predicted octanol–water partition coefficient (Wildman–Crippen LogP) is 1.23. The Bertz CT molecular complexity index is 418. The second-order valence-electron chi connectivity index (χ2n) is 3.16. The van der Waals surface area contributed by atoms with Crippen molar-refractivity contribution < 1.29 is 0 Å². The summed E-state index contributed by atoms with van der Waals surface area (Å²) in [5.41, 5.74) is 8.20. The number of rotatable bonds is 2. The summed E-state index contributed by atoms with van der Waals surface area (Å²) in [6.07, 6.45) is 3.58. The van der Waals surface area contributed by atoms with Crippen LogP contribution in [0.1, 0.15) is 22.3 Å². The molecule has 0 saturated heterocycles. The Hall–Kier alpha value is -1.20. The van der Waals surface area contributed by atoms with E-state index in [0.717, 1.165) is 16.3 Å². The van der Waals surface area contributed by atoms with Gasteiger partial charge < -0.3 is 5.73 Å². The molecular formula is C9H12N4S. The third kappa shape index (κ3) is 1.44. The van der Waals surface area contributed by atoms with Gasteiger partial charge in [-0.3, -0.25) is 4.68 Å². The van der Waals surface area contributed by atoms with E-state index in [9.17, 15) is 0 Å². The largest absolute Gasteiger partial charge is 0.318 e. The van der Waals surface area contributed by atoms with Crippen LogP contribution in [0.15, 0.2) is 17.8 Å². The predicted molar refractivity (Wildman–Crippen MR) is 56.1 cm³/mol. The van der Waals surface area contributed by atoms with Gasteiger partial charge in [0.15, 0.2) is 0 Å². The van der Waals surface area contributed by atoms with E-state index in [0.29, 0.717) is 0 Å². The molecule has 2 aromatic rings. The zero-order chi connectivity index (χ0) is 10.1. The van der Waals surface area contributed by atoms with Crippen molar-refractivity contribution in [3.8, 4) is 0 Å². The highest BCUT2D eigenvalue weighted by molar-refractivity contribution is 7.09. The molecule has 2 aromatic heterocycles. The lowest BCUT2D eigenvalue weighted by molar-refractivity contribution is 0.733. The van der Waals surface area contributed by atoms with Crippen LogP contribution in [-0.2, 0) is 7.05 Å². The minimum Gasteiger partial charge on any atom is -0.318 e. The van der Waals surface area contributed by atoms with Crippen LogP contribution >= 0.6 is 11.3 Å². The molecule has 0 spiro atoms. The third-order valence-electron chi connectivity index (χ3n) is 2.33. The van der Waals surface area contributed by atoms with E-state index in [1.54, 1.807) is 23.7 Å². The molecular weight excluding hydrogens is 196 g/mol. The first kappa shape index (κ1) is 9.36. The van der Waals surface area contributed by atoms with Crippen LogP contribution in [-0.4, -0.2) is 14.8 Å². The Morgan fingerprint density at radius 3 is 2.86 bits per heavy atom. The average molecular weight is 208 g/mol. The number of aryl methyl sites for hydroxylation is 1. The second-order valence-corrected chi connectivity index (χ2v) is 4.08. The molecule has 0 saturated carbocycles. The van der Waals surface area contributed by atoms with Gasteiger partial charge in [0, 0.05) is 29.9 Å². The summed E-state index contributed by atoms with van der Waals surface area (Å²) in [6, 6.07) is -0.149. The SMILES string of the molecule is Cc1c(C(N)c2nccs2)cnn1C. The van der Waals surface area contributed by atoms with Crippen molar-refractivity contribution in [2.24, 2.45) is 12.8 Å². The van der Waals surface area contributed by atoms with Gasteiger partial charge in [0.2, 0.25) is 0 Å². The molecule has 0 fully saturated rings. The topological polar surface area (TPSA) is 56.7 Å². The lowest BCUT2D eigenvalue weighted by atomic mass is 10.1. The average Bonchev–Trinajstić information content (AvgIpc) is 2.77. The van der Waals surface area contributed by atoms with Gasteiger partial charge in [-0.25, -0.2) is 4.98 Å². The van der Waals surface area contributed by atoms with Gasteiger partial charge >= 0.3 is 0 Å². The van der Waals surface area contributed by atoms with Crippen molar-refractivity contribution in [3.05, 3.63) is 34.0 Å². The molecule has 1 atom stereocenters. The van der Waals surface area contributed by atoms with Crippen LogP contribution in [0.4, 0.5) is 0 Å². The Balaban J connectivity index is 2.36. The van der Waals surface area contributed by atoms with Crippen LogP contribution in [0.5, 0.6) is 0 Å². The number of aromatic nitrogens is 3. The second kappa shape index (κ2) is 3.51. The lowest BCUT2D eigenvalue weighted by Gasteiger charge is -2.07. The molecule has 1 unspecified atom stereocenters. The number of hydrogen-bond donors (Lipinski definition) is 1. The van der Waals surface area contributed by atoms with Crippen molar-refractivity contribution in [3.63, 3.8) is 0 Å². The first-order valence-electron chi connectivity index (χ1n) is 4.33. The minimum atomic E-state index is -0.149. The molecule has 0 aliphatic carbocycles. The highest BCUT2D eigenvalue weighted by atomic mass is 32.1. The van der Waals surface area contributed by atoms with Gasteiger partial charge in [0.25, 0.3) is 0 Å². The molecule has 14 heavy (non-hydrogen) atoms. The number of thiazole rings is 1.